The molecular formula is C27H24FN5O3S. The summed E-state index contributed by atoms with van der Waals surface area (Å²) in [7, 11) is -1.53. The lowest BCUT2D eigenvalue weighted by Gasteiger charge is -2.34. The van der Waals surface area contributed by atoms with Gasteiger partial charge in [-0.2, -0.15) is 0 Å². The standard InChI is InChI=1S/C27H24FN5O3S/c28-22-7-1-2-8-23(22)30-27(35)33-17-15-32(16-18-33)26(34)20-10-12-21(13-11-20)31-37(36)24-9-3-5-19-6-4-14-29-25(19)24/h1-14,31H,15-18H2,(H,30,35). The van der Waals surface area contributed by atoms with Crippen LogP contribution < -0.4 is 10.0 Å². The third-order valence-corrected chi connectivity index (χ3v) is 7.26. The maximum atomic E-state index is 13.8. The minimum Gasteiger partial charge on any atom is -0.335 e. The Morgan fingerprint density at radius 2 is 1.54 bits per heavy atom. The minimum absolute atomic E-state index is 0.123. The largest absolute Gasteiger partial charge is 0.335 e. The first kappa shape index (κ1) is 24.4. The Balaban J connectivity index is 1.17. The number of hydrogen-bond donors (Lipinski definition) is 2. The van der Waals surface area contributed by atoms with Crippen LogP contribution >= 0.6 is 0 Å². The van der Waals surface area contributed by atoms with Gasteiger partial charge in [-0.3, -0.25) is 9.78 Å². The Morgan fingerprint density at radius 1 is 0.838 bits per heavy atom. The van der Waals surface area contributed by atoms with Gasteiger partial charge in [0.2, 0.25) is 0 Å². The highest BCUT2D eigenvalue weighted by Crippen LogP contribution is 2.22. The van der Waals surface area contributed by atoms with Crippen molar-refractivity contribution in [1.82, 2.24) is 14.8 Å². The van der Waals surface area contributed by atoms with E-state index < -0.39 is 22.8 Å². The summed E-state index contributed by atoms with van der Waals surface area (Å²) in [6, 6.07) is 21.6. The van der Waals surface area contributed by atoms with E-state index in [9.17, 15) is 18.2 Å². The van der Waals surface area contributed by atoms with Crippen molar-refractivity contribution in [2.24, 2.45) is 0 Å². The van der Waals surface area contributed by atoms with Gasteiger partial charge >= 0.3 is 6.03 Å². The number of rotatable bonds is 5. The summed E-state index contributed by atoms with van der Waals surface area (Å²) in [5.74, 6) is -0.652. The number of fused-ring (bicyclic) bond motifs is 1. The van der Waals surface area contributed by atoms with E-state index in [1.165, 1.54) is 12.1 Å². The van der Waals surface area contributed by atoms with E-state index in [-0.39, 0.29) is 11.6 Å². The van der Waals surface area contributed by atoms with Gasteiger partial charge in [0.15, 0.2) is 11.0 Å². The second-order valence-electron chi connectivity index (χ2n) is 8.47. The SMILES string of the molecule is O=C(Nc1ccccc1F)N1CCN(C(=O)c2ccc(NS(=O)c3cccc4cccnc34)cc2)CC1. The Labute approximate surface area is 215 Å². The van der Waals surface area contributed by atoms with Crippen molar-refractivity contribution in [2.75, 3.05) is 36.2 Å². The fourth-order valence-electron chi connectivity index (χ4n) is 4.12. The normalized spacial score (nSPS) is 14.3. The van der Waals surface area contributed by atoms with Gasteiger partial charge in [0.25, 0.3) is 5.91 Å². The van der Waals surface area contributed by atoms with E-state index in [4.69, 9.17) is 0 Å². The third-order valence-electron chi connectivity index (χ3n) is 6.11. The summed E-state index contributed by atoms with van der Waals surface area (Å²) in [5.41, 5.74) is 1.89. The highest BCUT2D eigenvalue weighted by molar-refractivity contribution is 7.86. The summed E-state index contributed by atoms with van der Waals surface area (Å²) in [6.45, 7) is 1.40. The maximum absolute atomic E-state index is 13.8. The molecule has 1 aliphatic rings. The number of pyridine rings is 1. The van der Waals surface area contributed by atoms with E-state index in [1.54, 1.807) is 58.5 Å². The number of nitrogens with one attached hydrogen (secondary N) is 2. The molecule has 2 heterocycles. The number of anilines is 2. The number of para-hydroxylation sites is 2. The molecule has 0 radical (unpaired) electrons. The lowest BCUT2D eigenvalue weighted by atomic mass is 10.1. The topological polar surface area (TPSA) is 94.6 Å². The molecule has 3 amide bonds. The number of hydrogen-bond acceptors (Lipinski definition) is 4. The van der Waals surface area contributed by atoms with Gasteiger partial charge in [-0.1, -0.05) is 30.3 Å². The van der Waals surface area contributed by atoms with Crippen LogP contribution in [-0.2, 0) is 11.0 Å². The van der Waals surface area contributed by atoms with Crippen LogP contribution in [0.15, 0.2) is 90.0 Å². The third kappa shape index (κ3) is 5.44. The zero-order valence-corrected chi connectivity index (χ0v) is 20.6. The molecule has 37 heavy (non-hydrogen) atoms. The summed E-state index contributed by atoms with van der Waals surface area (Å²) >= 11 is 0. The molecule has 2 N–H and O–H groups in total. The molecule has 1 fully saturated rings. The second kappa shape index (κ2) is 10.8. The van der Waals surface area contributed by atoms with Crippen molar-refractivity contribution < 1.29 is 18.2 Å². The molecule has 1 aromatic heterocycles. The van der Waals surface area contributed by atoms with Crippen LogP contribution in [0.2, 0.25) is 0 Å². The molecule has 0 saturated carbocycles. The average molecular weight is 518 g/mol. The first-order chi connectivity index (χ1) is 18.0. The summed E-state index contributed by atoms with van der Waals surface area (Å²) < 4.78 is 29.7. The quantitative estimate of drug-likeness (QED) is 0.408. The Bertz CT molecular complexity index is 1470. The highest BCUT2D eigenvalue weighted by Gasteiger charge is 2.25. The Hall–Kier alpha value is -4.31. The molecule has 1 saturated heterocycles. The van der Waals surface area contributed by atoms with E-state index in [0.717, 1.165) is 5.39 Å². The molecule has 0 bridgehead atoms. The van der Waals surface area contributed by atoms with Crippen molar-refractivity contribution in [1.29, 1.82) is 0 Å². The molecule has 188 valence electrons. The van der Waals surface area contributed by atoms with Gasteiger partial charge in [-0.25, -0.2) is 13.4 Å². The number of piperazine rings is 1. The predicted octanol–water partition coefficient (Wildman–Crippen LogP) is 4.50. The zero-order chi connectivity index (χ0) is 25.8. The Kier molecular flexibility index (Phi) is 7.09. The lowest BCUT2D eigenvalue weighted by molar-refractivity contribution is 0.0671. The van der Waals surface area contributed by atoms with E-state index in [2.05, 4.69) is 15.0 Å². The molecule has 10 heteroatoms. The van der Waals surface area contributed by atoms with E-state index >= 15 is 0 Å². The zero-order valence-electron chi connectivity index (χ0n) is 19.8. The van der Waals surface area contributed by atoms with Crippen LogP contribution in [0.1, 0.15) is 10.4 Å². The van der Waals surface area contributed by atoms with Crippen molar-refractivity contribution in [2.45, 2.75) is 4.90 Å². The number of carbonyl (C=O) groups is 2. The highest BCUT2D eigenvalue weighted by atomic mass is 32.2. The van der Waals surface area contributed by atoms with Crippen LogP contribution in [0.3, 0.4) is 0 Å². The van der Waals surface area contributed by atoms with Crippen LogP contribution in [0.4, 0.5) is 20.6 Å². The second-order valence-corrected chi connectivity index (χ2v) is 9.65. The van der Waals surface area contributed by atoms with Crippen LogP contribution in [0.25, 0.3) is 10.9 Å². The molecule has 1 aliphatic heterocycles. The number of urea groups is 1. The van der Waals surface area contributed by atoms with Crippen molar-refractivity contribution in [3.05, 3.63) is 96.4 Å². The van der Waals surface area contributed by atoms with Crippen LogP contribution in [-0.4, -0.2) is 57.1 Å². The van der Waals surface area contributed by atoms with Gasteiger partial charge in [0, 0.05) is 49.0 Å². The van der Waals surface area contributed by atoms with Gasteiger partial charge < -0.3 is 19.8 Å². The van der Waals surface area contributed by atoms with Crippen molar-refractivity contribution in [3.8, 4) is 0 Å². The molecule has 5 rings (SSSR count). The van der Waals surface area contributed by atoms with Gasteiger partial charge in [-0.05, 0) is 48.5 Å². The van der Waals surface area contributed by atoms with Crippen LogP contribution in [0, 0.1) is 5.82 Å². The fourth-order valence-corrected chi connectivity index (χ4v) is 5.13. The predicted molar refractivity (Wildman–Crippen MR) is 141 cm³/mol. The van der Waals surface area contributed by atoms with Crippen molar-refractivity contribution in [3.63, 3.8) is 0 Å². The molecular weight excluding hydrogens is 493 g/mol. The summed E-state index contributed by atoms with van der Waals surface area (Å²) in [4.78, 5) is 33.6. The fraction of sp³-hybridized carbons (Fsp3) is 0.148. The number of halogens is 1. The van der Waals surface area contributed by atoms with Gasteiger partial charge in [-0.15, -0.1) is 0 Å². The molecule has 3 aromatic carbocycles. The smallest absolute Gasteiger partial charge is 0.322 e. The maximum Gasteiger partial charge on any atom is 0.322 e. The number of benzene rings is 3. The van der Waals surface area contributed by atoms with E-state index in [1.807, 2.05) is 24.3 Å². The summed E-state index contributed by atoms with van der Waals surface area (Å²) in [5, 5.41) is 3.48. The van der Waals surface area contributed by atoms with Crippen LogP contribution in [0.5, 0.6) is 0 Å². The number of aromatic nitrogens is 1. The Morgan fingerprint density at radius 3 is 2.30 bits per heavy atom. The first-order valence-electron chi connectivity index (χ1n) is 11.7. The van der Waals surface area contributed by atoms with E-state index in [0.29, 0.717) is 47.8 Å². The van der Waals surface area contributed by atoms with Crippen molar-refractivity contribution >= 4 is 45.2 Å². The molecule has 8 nitrogen and oxygen atoms in total. The average Bonchev–Trinajstić information content (AvgIpc) is 2.94. The number of nitrogens with zero attached hydrogens (tertiary/aromatic N) is 3. The lowest BCUT2D eigenvalue weighted by Crippen LogP contribution is -2.51. The molecule has 0 aliphatic carbocycles. The summed E-state index contributed by atoms with van der Waals surface area (Å²) in [6.07, 6.45) is 1.67. The molecule has 1 unspecified atom stereocenters. The first-order valence-corrected chi connectivity index (χ1v) is 12.9. The monoisotopic (exact) mass is 517 g/mol. The molecule has 1 atom stereocenters. The van der Waals surface area contributed by atoms with Gasteiger partial charge in [0.1, 0.15) is 5.82 Å². The number of amides is 3. The number of carbonyl (C=O) groups excluding carboxylic acids is 2. The minimum atomic E-state index is -1.53. The molecule has 4 aromatic rings. The molecule has 0 spiro atoms. The van der Waals surface area contributed by atoms with Gasteiger partial charge in [0.05, 0.1) is 16.1 Å².